The molecular weight excluding hydrogens is 271 g/mol. The summed E-state index contributed by atoms with van der Waals surface area (Å²) >= 11 is 0. The van der Waals surface area contributed by atoms with Crippen molar-refractivity contribution in [3.63, 3.8) is 0 Å². The van der Waals surface area contributed by atoms with Crippen LogP contribution in [0.15, 0.2) is 18.2 Å². The van der Waals surface area contributed by atoms with Gasteiger partial charge in [0.05, 0.1) is 20.1 Å². The van der Waals surface area contributed by atoms with E-state index in [0.717, 1.165) is 0 Å². The van der Waals surface area contributed by atoms with E-state index in [1.807, 2.05) is 0 Å². The minimum Gasteiger partial charge on any atom is -0.497 e. The highest BCUT2D eigenvalue weighted by Crippen LogP contribution is 2.42. The smallest absolute Gasteiger partial charge is 0.393 e. The van der Waals surface area contributed by atoms with Crippen LogP contribution in [0.1, 0.15) is 24.4 Å². The summed E-state index contributed by atoms with van der Waals surface area (Å²) in [5.74, 6) is -0.395. The molecule has 3 nitrogen and oxygen atoms in total. The van der Waals surface area contributed by atoms with Crippen LogP contribution in [0.25, 0.3) is 0 Å². The average molecular weight is 289 g/mol. The van der Waals surface area contributed by atoms with Crippen LogP contribution in [0.2, 0.25) is 0 Å². The largest absolute Gasteiger partial charge is 0.497 e. The second-order valence-electron chi connectivity index (χ2n) is 4.87. The van der Waals surface area contributed by atoms with Gasteiger partial charge < -0.3 is 14.8 Å². The monoisotopic (exact) mass is 289 g/mol. The van der Waals surface area contributed by atoms with E-state index in [-0.39, 0.29) is 6.42 Å². The molecule has 2 unspecified atom stereocenters. The first-order chi connectivity index (χ1) is 9.45. The highest BCUT2D eigenvalue weighted by atomic mass is 19.4. The van der Waals surface area contributed by atoms with Gasteiger partial charge in [0.25, 0.3) is 0 Å². The van der Waals surface area contributed by atoms with Crippen molar-refractivity contribution in [3.8, 4) is 11.5 Å². The van der Waals surface area contributed by atoms with Crippen LogP contribution in [0.5, 0.6) is 11.5 Å². The molecule has 0 aliphatic carbocycles. The lowest BCUT2D eigenvalue weighted by atomic mass is 9.85. The van der Waals surface area contributed by atoms with Gasteiger partial charge in [-0.05, 0) is 37.1 Å². The molecule has 0 amide bonds. The first-order valence-electron chi connectivity index (χ1n) is 6.48. The van der Waals surface area contributed by atoms with Crippen LogP contribution in [0.3, 0.4) is 0 Å². The van der Waals surface area contributed by atoms with Gasteiger partial charge in [0.15, 0.2) is 0 Å². The summed E-state index contributed by atoms with van der Waals surface area (Å²) in [6.07, 6.45) is -3.54. The highest BCUT2D eigenvalue weighted by Gasteiger charge is 2.46. The van der Waals surface area contributed by atoms with Crippen molar-refractivity contribution in [3.05, 3.63) is 23.8 Å². The molecule has 0 saturated carbocycles. The van der Waals surface area contributed by atoms with Crippen molar-refractivity contribution in [1.29, 1.82) is 0 Å². The van der Waals surface area contributed by atoms with E-state index < -0.39 is 18.1 Å². The molecule has 2 atom stereocenters. The first-order valence-corrected chi connectivity index (χ1v) is 6.48. The maximum absolute atomic E-state index is 13.1. The van der Waals surface area contributed by atoms with E-state index in [2.05, 4.69) is 5.32 Å². The fourth-order valence-electron chi connectivity index (χ4n) is 2.60. The Morgan fingerprint density at radius 3 is 2.20 bits per heavy atom. The number of piperidine rings is 1. The number of hydrogen-bond donors (Lipinski definition) is 1. The Bertz CT molecular complexity index is 440. The van der Waals surface area contributed by atoms with Crippen LogP contribution in [-0.2, 0) is 0 Å². The average Bonchev–Trinajstić information content (AvgIpc) is 2.45. The van der Waals surface area contributed by atoms with Gasteiger partial charge in [-0.1, -0.05) is 0 Å². The number of alkyl halides is 3. The van der Waals surface area contributed by atoms with E-state index in [0.29, 0.717) is 30.0 Å². The van der Waals surface area contributed by atoms with Gasteiger partial charge in [-0.2, -0.15) is 13.2 Å². The summed E-state index contributed by atoms with van der Waals surface area (Å²) in [6, 6.07) is 4.15. The standard InChI is InChI=1S/C14H18F3NO2/c1-19-10-6-9(7-11(8-10)20-2)13-12(14(15,16)17)4-3-5-18-13/h6-8,12-13,18H,3-5H2,1-2H3. The molecule has 1 aromatic rings. The summed E-state index contributed by atoms with van der Waals surface area (Å²) in [5, 5.41) is 2.96. The van der Waals surface area contributed by atoms with Crippen molar-refractivity contribution < 1.29 is 22.6 Å². The predicted molar refractivity (Wildman–Crippen MR) is 69.1 cm³/mol. The topological polar surface area (TPSA) is 30.5 Å². The molecule has 6 heteroatoms. The predicted octanol–water partition coefficient (Wildman–Crippen LogP) is 3.31. The van der Waals surface area contributed by atoms with Crippen LogP contribution < -0.4 is 14.8 Å². The number of ether oxygens (including phenoxy) is 2. The molecule has 0 spiro atoms. The van der Waals surface area contributed by atoms with Crippen molar-refractivity contribution in [2.75, 3.05) is 20.8 Å². The normalized spacial score (nSPS) is 23.4. The molecule has 0 bridgehead atoms. The van der Waals surface area contributed by atoms with Gasteiger partial charge in [0.2, 0.25) is 0 Å². The Morgan fingerprint density at radius 2 is 1.70 bits per heavy atom. The van der Waals surface area contributed by atoms with Crippen molar-refractivity contribution in [1.82, 2.24) is 5.32 Å². The lowest BCUT2D eigenvalue weighted by molar-refractivity contribution is -0.189. The van der Waals surface area contributed by atoms with Crippen LogP contribution in [-0.4, -0.2) is 26.9 Å². The van der Waals surface area contributed by atoms with Crippen LogP contribution >= 0.6 is 0 Å². The SMILES string of the molecule is COc1cc(OC)cc(C2NCCCC2C(F)(F)F)c1. The number of hydrogen-bond acceptors (Lipinski definition) is 3. The molecule has 112 valence electrons. The Hall–Kier alpha value is -1.43. The van der Waals surface area contributed by atoms with Crippen molar-refractivity contribution in [2.24, 2.45) is 5.92 Å². The zero-order valence-corrected chi connectivity index (χ0v) is 11.5. The molecule has 0 radical (unpaired) electrons. The molecule has 1 fully saturated rings. The third-order valence-corrected chi connectivity index (χ3v) is 3.61. The summed E-state index contributed by atoms with van der Waals surface area (Å²) in [6.45, 7) is 0.580. The van der Waals surface area contributed by atoms with E-state index in [4.69, 9.17) is 9.47 Å². The Balaban J connectivity index is 2.36. The zero-order chi connectivity index (χ0) is 14.8. The summed E-state index contributed by atoms with van der Waals surface area (Å²) < 4.78 is 49.7. The lowest BCUT2D eigenvalue weighted by Gasteiger charge is -2.34. The summed E-state index contributed by atoms with van der Waals surface area (Å²) in [4.78, 5) is 0. The Labute approximate surface area is 116 Å². The third-order valence-electron chi connectivity index (χ3n) is 3.61. The van der Waals surface area contributed by atoms with Gasteiger partial charge in [-0.15, -0.1) is 0 Å². The fourth-order valence-corrected chi connectivity index (χ4v) is 2.60. The molecule has 1 aliphatic rings. The van der Waals surface area contributed by atoms with Crippen molar-refractivity contribution in [2.45, 2.75) is 25.1 Å². The highest BCUT2D eigenvalue weighted by molar-refractivity contribution is 5.40. The fraction of sp³-hybridized carbons (Fsp3) is 0.571. The minimum absolute atomic E-state index is 0.140. The molecule has 1 N–H and O–H groups in total. The van der Waals surface area contributed by atoms with Gasteiger partial charge in [-0.25, -0.2) is 0 Å². The molecule has 20 heavy (non-hydrogen) atoms. The Kier molecular flexibility index (Phi) is 4.42. The number of halogens is 3. The maximum atomic E-state index is 13.1. The van der Waals surface area contributed by atoms with E-state index in [1.165, 1.54) is 14.2 Å². The molecule has 2 rings (SSSR count). The van der Waals surface area contributed by atoms with E-state index in [1.54, 1.807) is 18.2 Å². The van der Waals surface area contributed by atoms with Crippen molar-refractivity contribution >= 4 is 0 Å². The van der Waals surface area contributed by atoms with Gasteiger partial charge in [0, 0.05) is 12.1 Å². The van der Waals surface area contributed by atoms with Gasteiger partial charge >= 0.3 is 6.18 Å². The quantitative estimate of drug-likeness (QED) is 0.926. The van der Waals surface area contributed by atoms with Crippen LogP contribution in [0.4, 0.5) is 13.2 Å². The number of methoxy groups -OCH3 is 2. The van der Waals surface area contributed by atoms with Crippen LogP contribution in [0, 0.1) is 5.92 Å². The summed E-state index contributed by atoms with van der Waals surface area (Å²) in [7, 11) is 2.96. The minimum atomic E-state index is -4.21. The lowest BCUT2D eigenvalue weighted by Crippen LogP contribution is -2.41. The van der Waals surface area contributed by atoms with Gasteiger partial charge in [0.1, 0.15) is 11.5 Å². The second kappa shape index (κ2) is 5.91. The maximum Gasteiger partial charge on any atom is 0.393 e. The van der Waals surface area contributed by atoms with E-state index >= 15 is 0 Å². The molecule has 1 aromatic carbocycles. The van der Waals surface area contributed by atoms with Gasteiger partial charge in [-0.3, -0.25) is 0 Å². The number of benzene rings is 1. The molecule has 0 aromatic heterocycles. The summed E-state index contributed by atoms with van der Waals surface area (Å²) in [5.41, 5.74) is 0.545. The van der Waals surface area contributed by atoms with E-state index in [9.17, 15) is 13.2 Å². The molecule has 1 aliphatic heterocycles. The second-order valence-corrected chi connectivity index (χ2v) is 4.87. The first kappa shape index (κ1) is 15.0. The third kappa shape index (κ3) is 3.17. The Morgan fingerprint density at radius 1 is 1.10 bits per heavy atom. The molecular formula is C14H18F3NO2. The number of rotatable bonds is 3. The zero-order valence-electron chi connectivity index (χ0n) is 11.5. The molecule has 1 heterocycles. The molecule has 1 saturated heterocycles. The number of nitrogens with one attached hydrogen (secondary N) is 1.